The Hall–Kier alpha value is -4.54. The molecule has 0 aliphatic carbocycles. The third kappa shape index (κ3) is 75.7. The second-order valence-corrected chi connectivity index (χ2v) is 29.9. The maximum Gasteiger partial charge on any atom is 0.472 e. The molecule has 0 aromatic heterocycles. The minimum absolute atomic E-state index is 0.0330. The van der Waals surface area contributed by atoms with Gasteiger partial charge in [-0.05, 0) is 154 Å². The molecule has 0 radical (unpaired) electrons. The van der Waals surface area contributed by atoms with Crippen LogP contribution in [-0.2, 0) is 65.4 Å². The highest BCUT2D eigenvalue weighted by atomic mass is 31.2. The number of ether oxygens (including phenoxy) is 4. The van der Waals surface area contributed by atoms with Crippen molar-refractivity contribution in [3.63, 3.8) is 0 Å². The SMILES string of the molecule is CCCCCC=CCC=CCC=CCC=CCC=CCCC(=O)OCC(COP(=O)(O)OCC(O)COP(=O)(O)OCC(COC(=O)CCCCCCCC=CCC=CCCCCC)OC(=O)CCCCCCCCCC=CCCCCCC)OC(=O)CCCCCCCC=CCC=CCCCCC. The molecule has 0 bridgehead atoms. The Morgan fingerprint density at radius 3 is 0.808 bits per heavy atom. The van der Waals surface area contributed by atoms with Crippen molar-refractivity contribution in [2.45, 2.75) is 354 Å². The topological polar surface area (TPSA) is 237 Å². The number of aliphatic hydroxyl groups is 1. The predicted octanol–water partition coefficient (Wildman–Crippen LogP) is 23.9. The van der Waals surface area contributed by atoms with Crippen LogP contribution < -0.4 is 0 Å². The summed E-state index contributed by atoms with van der Waals surface area (Å²) in [5.41, 5.74) is 0. The molecule has 19 heteroatoms. The van der Waals surface area contributed by atoms with E-state index in [1.54, 1.807) is 0 Å². The van der Waals surface area contributed by atoms with Crippen LogP contribution in [0.5, 0.6) is 0 Å². The third-order valence-electron chi connectivity index (χ3n) is 16.9. The molecule has 0 spiro atoms. The Morgan fingerprint density at radius 2 is 0.490 bits per heavy atom. The molecule has 0 saturated heterocycles. The smallest absolute Gasteiger partial charge is 0.462 e. The largest absolute Gasteiger partial charge is 0.472 e. The summed E-state index contributed by atoms with van der Waals surface area (Å²) < 4.78 is 68.6. The van der Waals surface area contributed by atoms with E-state index in [1.807, 2.05) is 12.2 Å². The van der Waals surface area contributed by atoms with E-state index in [1.165, 1.54) is 83.5 Å². The predicted molar refractivity (Wildman–Crippen MR) is 427 cm³/mol. The van der Waals surface area contributed by atoms with Gasteiger partial charge >= 0.3 is 39.5 Å². The van der Waals surface area contributed by atoms with Crippen molar-refractivity contribution >= 4 is 39.5 Å². The standard InChI is InChI=1S/C85H146O17P2/c1-5-9-13-17-21-25-29-33-37-38-39-40-44-46-50-54-58-62-66-70-83(88)96-76-81(102-85(90)72-68-64-60-56-52-48-43-36-32-28-24-20-16-12-8-4)78-100-104(93,94)98-74-79(86)73-97-103(91,92)99-77-80(101-84(89)71-67-63-59-55-51-47-42-35-31-27-23-19-15-11-7-3)75-95-82(87)69-65-61-57-53-49-45-41-34-30-26-22-18-14-10-6-2/h21-22,24-28,31,33-34,36-37,39-41,43,46,50,58,62,79-81,86H,5-20,23,29-30,32,35,38,42,44-45,47-49,51-57,59-61,63-78H2,1-4H3,(H,91,92)(H,93,94). The van der Waals surface area contributed by atoms with Gasteiger partial charge in [0, 0.05) is 25.7 Å². The average Bonchev–Trinajstić information content (AvgIpc) is 0.918. The maximum atomic E-state index is 13.1. The van der Waals surface area contributed by atoms with E-state index >= 15 is 0 Å². The quantitative estimate of drug-likeness (QED) is 0.0169. The highest BCUT2D eigenvalue weighted by Gasteiger charge is 2.30. The first-order valence-corrected chi connectivity index (χ1v) is 43.8. The first kappa shape index (κ1) is 99.5. The molecule has 0 aromatic rings. The zero-order valence-corrected chi connectivity index (χ0v) is 67.2. The Balaban J connectivity index is 5.44. The van der Waals surface area contributed by atoms with Crippen LogP contribution in [0.4, 0.5) is 0 Å². The van der Waals surface area contributed by atoms with Crippen LogP contribution >= 0.6 is 15.6 Å². The van der Waals surface area contributed by atoms with Gasteiger partial charge in [0.05, 0.1) is 26.4 Å². The Labute approximate surface area is 632 Å². The molecule has 0 aliphatic heterocycles. The zero-order valence-electron chi connectivity index (χ0n) is 65.4. The molecule has 0 amide bonds. The first-order valence-electron chi connectivity index (χ1n) is 40.8. The summed E-state index contributed by atoms with van der Waals surface area (Å²) in [7, 11) is -9.99. The van der Waals surface area contributed by atoms with Crippen LogP contribution in [0.2, 0.25) is 0 Å². The molecule has 3 N–H and O–H groups in total. The summed E-state index contributed by atoms with van der Waals surface area (Å²) in [5, 5.41) is 10.6. The molecule has 598 valence electrons. The van der Waals surface area contributed by atoms with Gasteiger partial charge < -0.3 is 33.8 Å². The van der Waals surface area contributed by atoms with Gasteiger partial charge in [0.15, 0.2) is 12.2 Å². The number of carbonyl (C=O) groups excluding carboxylic acids is 4. The van der Waals surface area contributed by atoms with E-state index in [0.29, 0.717) is 32.1 Å². The van der Waals surface area contributed by atoms with E-state index in [9.17, 15) is 43.2 Å². The van der Waals surface area contributed by atoms with Gasteiger partial charge in [0.2, 0.25) is 0 Å². The monoisotopic (exact) mass is 1500 g/mol. The third-order valence-corrected chi connectivity index (χ3v) is 18.8. The number of allylic oxidation sites excluding steroid dienone is 20. The van der Waals surface area contributed by atoms with Crippen LogP contribution in [-0.4, -0.2) is 96.7 Å². The summed E-state index contributed by atoms with van der Waals surface area (Å²) in [6, 6.07) is 0. The molecule has 0 aromatic carbocycles. The van der Waals surface area contributed by atoms with Crippen LogP contribution in [0, 0.1) is 0 Å². The number of phosphoric acid groups is 2. The molecule has 104 heavy (non-hydrogen) atoms. The number of hydrogen-bond donors (Lipinski definition) is 3. The number of aliphatic hydroxyl groups excluding tert-OH is 1. The van der Waals surface area contributed by atoms with Gasteiger partial charge in [-0.25, -0.2) is 9.13 Å². The Morgan fingerprint density at radius 1 is 0.269 bits per heavy atom. The average molecular weight is 1500 g/mol. The lowest BCUT2D eigenvalue weighted by molar-refractivity contribution is -0.161. The van der Waals surface area contributed by atoms with Crippen molar-refractivity contribution < 1.29 is 80.2 Å². The number of carbonyl (C=O) groups is 4. The van der Waals surface area contributed by atoms with Crippen molar-refractivity contribution in [3.05, 3.63) is 122 Å². The van der Waals surface area contributed by atoms with Crippen molar-refractivity contribution in [3.8, 4) is 0 Å². The van der Waals surface area contributed by atoms with Gasteiger partial charge in [0.25, 0.3) is 0 Å². The normalized spacial score (nSPS) is 14.5. The number of rotatable bonds is 76. The fourth-order valence-corrected chi connectivity index (χ4v) is 12.2. The van der Waals surface area contributed by atoms with Crippen LogP contribution in [0.3, 0.4) is 0 Å². The van der Waals surface area contributed by atoms with Crippen molar-refractivity contribution in [2.75, 3.05) is 39.6 Å². The summed E-state index contributed by atoms with van der Waals surface area (Å²) in [6.45, 7) is 4.69. The lowest BCUT2D eigenvalue weighted by Crippen LogP contribution is -2.30. The molecule has 0 aliphatic rings. The van der Waals surface area contributed by atoms with Crippen molar-refractivity contribution in [1.29, 1.82) is 0 Å². The van der Waals surface area contributed by atoms with Crippen LogP contribution in [0.1, 0.15) is 336 Å². The lowest BCUT2D eigenvalue weighted by Gasteiger charge is -2.21. The number of unbranched alkanes of at least 4 members (excludes halogenated alkanes) is 30. The summed E-state index contributed by atoms with van der Waals surface area (Å²) >= 11 is 0. The molecule has 0 rings (SSSR count). The van der Waals surface area contributed by atoms with Gasteiger partial charge in [-0.3, -0.25) is 37.3 Å². The fourth-order valence-electron chi connectivity index (χ4n) is 10.6. The molecule has 0 heterocycles. The first-order chi connectivity index (χ1) is 50.7. The van der Waals surface area contributed by atoms with Crippen LogP contribution in [0.15, 0.2) is 122 Å². The molecule has 5 atom stereocenters. The van der Waals surface area contributed by atoms with Crippen molar-refractivity contribution in [2.24, 2.45) is 0 Å². The van der Waals surface area contributed by atoms with E-state index in [-0.39, 0.29) is 25.7 Å². The lowest BCUT2D eigenvalue weighted by atomic mass is 10.1. The minimum Gasteiger partial charge on any atom is -0.462 e. The number of hydrogen-bond acceptors (Lipinski definition) is 15. The second kappa shape index (κ2) is 76.6. The highest BCUT2D eigenvalue weighted by molar-refractivity contribution is 7.47. The molecular formula is C85H146O17P2. The summed E-state index contributed by atoms with van der Waals surface area (Å²) in [4.78, 5) is 73.0. The van der Waals surface area contributed by atoms with Crippen LogP contribution in [0.25, 0.3) is 0 Å². The Bertz CT molecular complexity index is 2440. The molecule has 17 nitrogen and oxygen atoms in total. The minimum atomic E-state index is -5.00. The van der Waals surface area contributed by atoms with E-state index in [0.717, 1.165) is 167 Å². The number of phosphoric ester groups is 2. The van der Waals surface area contributed by atoms with E-state index in [2.05, 4.69) is 137 Å². The maximum absolute atomic E-state index is 13.1. The summed E-state index contributed by atoms with van der Waals surface area (Å²) in [6.07, 6.45) is 84.7. The van der Waals surface area contributed by atoms with E-state index < -0.39 is 97.5 Å². The number of esters is 4. The van der Waals surface area contributed by atoms with Gasteiger partial charge in [-0.1, -0.05) is 278 Å². The highest BCUT2D eigenvalue weighted by Crippen LogP contribution is 2.45. The summed E-state index contributed by atoms with van der Waals surface area (Å²) in [5.74, 6) is -2.30. The zero-order chi connectivity index (χ0) is 76.0. The second-order valence-electron chi connectivity index (χ2n) is 27.0. The van der Waals surface area contributed by atoms with Gasteiger partial charge in [-0.15, -0.1) is 0 Å². The van der Waals surface area contributed by atoms with Crippen molar-refractivity contribution in [1.82, 2.24) is 0 Å². The van der Waals surface area contributed by atoms with Gasteiger partial charge in [0.1, 0.15) is 19.3 Å². The fraction of sp³-hybridized carbons (Fsp3) is 0.718. The van der Waals surface area contributed by atoms with E-state index in [4.69, 9.17) is 37.0 Å². The van der Waals surface area contributed by atoms with Gasteiger partial charge in [-0.2, -0.15) is 0 Å². The molecular weight excluding hydrogens is 1350 g/mol. The Kier molecular flexibility index (Phi) is 73.3. The molecule has 0 fully saturated rings. The molecule has 0 saturated carbocycles. The molecule has 5 unspecified atom stereocenters.